The second-order valence-electron chi connectivity index (χ2n) is 9.89. The van der Waals surface area contributed by atoms with E-state index in [0.29, 0.717) is 12.5 Å². The summed E-state index contributed by atoms with van der Waals surface area (Å²) in [5, 5.41) is 5.33. The van der Waals surface area contributed by atoms with Crippen LogP contribution in [0, 0.1) is 0 Å². The normalized spacial score (nSPS) is 20.7. The van der Waals surface area contributed by atoms with E-state index in [1.165, 1.54) is 16.9 Å². The zero-order chi connectivity index (χ0) is 23.8. The van der Waals surface area contributed by atoms with Crippen LogP contribution in [-0.2, 0) is 15.9 Å². The summed E-state index contributed by atoms with van der Waals surface area (Å²) in [6.45, 7) is 9.54. The summed E-state index contributed by atoms with van der Waals surface area (Å²) in [7, 11) is 0. The predicted molar refractivity (Wildman–Crippen MR) is 135 cm³/mol. The first-order valence-corrected chi connectivity index (χ1v) is 13.6. The van der Waals surface area contributed by atoms with E-state index in [9.17, 15) is 0 Å². The molecule has 5 heterocycles. The average Bonchev–Trinajstić information content (AvgIpc) is 3.46. The summed E-state index contributed by atoms with van der Waals surface area (Å²) in [5.74, 6) is 2.29. The minimum atomic E-state index is -0.00280. The van der Waals surface area contributed by atoms with E-state index < -0.39 is 0 Å². The van der Waals surface area contributed by atoms with E-state index in [-0.39, 0.29) is 12.3 Å². The van der Waals surface area contributed by atoms with Crippen LogP contribution in [0.25, 0.3) is 22.1 Å². The topological polar surface area (TPSA) is 74.5 Å². The van der Waals surface area contributed by atoms with Crippen LogP contribution in [0.2, 0.25) is 0 Å². The monoisotopic (exact) mass is 495 g/mol. The van der Waals surface area contributed by atoms with Gasteiger partial charge in [0.1, 0.15) is 12.1 Å². The molecule has 2 fully saturated rings. The molecule has 6 rings (SSSR count). The minimum absolute atomic E-state index is 0.00280. The summed E-state index contributed by atoms with van der Waals surface area (Å²) < 4.78 is 19.6. The van der Waals surface area contributed by atoms with Gasteiger partial charge in [0.25, 0.3) is 0 Å². The van der Waals surface area contributed by atoms with E-state index in [2.05, 4.69) is 47.0 Å². The molecule has 8 nitrogen and oxygen atoms in total. The van der Waals surface area contributed by atoms with E-state index in [0.717, 1.165) is 79.9 Å². The minimum Gasteiger partial charge on any atom is -0.493 e. The molecule has 2 saturated heterocycles. The first-order chi connectivity index (χ1) is 17.2. The number of benzene rings is 1. The largest absolute Gasteiger partial charge is 0.493 e. The molecule has 3 aliphatic rings. The Hall–Kier alpha value is -2.33. The third-order valence-corrected chi connectivity index (χ3v) is 8.19. The highest BCUT2D eigenvalue weighted by Gasteiger charge is 2.30. The smallest absolute Gasteiger partial charge is 0.187 e. The van der Waals surface area contributed by atoms with Crippen molar-refractivity contribution in [3.63, 3.8) is 0 Å². The molecule has 0 amide bonds. The number of thiazole rings is 1. The Labute approximate surface area is 210 Å². The van der Waals surface area contributed by atoms with Crippen LogP contribution in [0.4, 0.5) is 0 Å². The van der Waals surface area contributed by atoms with Crippen LogP contribution in [0.5, 0.6) is 5.75 Å². The number of rotatable bonds is 7. The molecule has 186 valence electrons. The van der Waals surface area contributed by atoms with Gasteiger partial charge in [0, 0.05) is 55.1 Å². The molecule has 0 saturated carbocycles. The lowest BCUT2D eigenvalue weighted by Crippen LogP contribution is -2.46. The van der Waals surface area contributed by atoms with Gasteiger partial charge in [-0.2, -0.15) is 5.10 Å². The fraction of sp³-hybridized carbons (Fsp3) is 0.577. The van der Waals surface area contributed by atoms with E-state index >= 15 is 0 Å². The number of likely N-dealkylation sites (tertiary alicyclic amines) is 1. The van der Waals surface area contributed by atoms with Crippen LogP contribution in [0.15, 0.2) is 24.5 Å². The Bertz CT molecular complexity index is 1160. The zero-order valence-corrected chi connectivity index (χ0v) is 21.3. The lowest BCUT2D eigenvalue weighted by molar-refractivity contribution is -0.165. The summed E-state index contributed by atoms with van der Waals surface area (Å²) in [4.78, 5) is 13.3. The molecule has 0 N–H and O–H groups in total. The molecule has 2 aromatic heterocycles. The van der Waals surface area contributed by atoms with Gasteiger partial charge in [0.05, 0.1) is 18.9 Å². The molecular weight excluding hydrogens is 462 g/mol. The molecule has 1 aromatic carbocycles. The molecule has 0 spiro atoms. The molecule has 9 heteroatoms. The third kappa shape index (κ3) is 4.74. The van der Waals surface area contributed by atoms with Gasteiger partial charge in [0.15, 0.2) is 17.1 Å². The van der Waals surface area contributed by atoms with Crippen LogP contribution in [0.1, 0.15) is 55.5 Å². The van der Waals surface area contributed by atoms with Crippen LogP contribution >= 0.6 is 11.3 Å². The van der Waals surface area contributed by atoms with Crippen LogP contribution in [0.3, 0.4) is 0 Å². The van der Waals surface area contributed by atoms with Crippen molar-refractivity contribution in [3.05, 3.63) is 35.0 Å². The molecule has 3 aliphatic heterocycles. The molecule has 0 radical (unpaired) electrons. The SMILES string of the molecule is CC(C)n1ncnc1-c1nc2c(s1)CCOc1ccc(C3CN(CCOC4CCCCO4)C3)cc1-2. The summed E-state index contributed by atoms with van der Waals surface area (Å²) in [6.07, 6.45) is 5.86. The van der Waals surface area contributed by atoms with Crippen LogP contribution in [-0.4, -0.2) is 70.4 Å². The summed E-state index contributed by atoms with van der Waals surface area (Å²) in [6, 6.07) is 6.88. The maximum absolute atomic E-state index is 6.09. The quantitative estimate of drug-likeness (QED) is 0.477. The van der Waals surface area contributed by atoms with Crippen molar-refractivity contribution in [2.75, 3.05) is 39.5 Å². The zero-order valence-electron chi connectivity index (χ0n) is 20.5. The number of hydrogen-bond acceptors (Lipinski definition) is 8. The third-order valence-electron chi connectivity index (χ3n) is 7.07. The average molecular weight is 496 g/mol. The Kier molecular flexibility index (Phi) is 6.58. The molecular formula is C26H33N5O3S. The van der Waals surface area contributed by atoms with Gasteiger partial charge < -0.3 is 14.2 Å². The number of ether oxygens (including phenoxy) is 3. The first-order valence-electron chi connectivity index (χ1n) is 12.8. The standard InChI is InChI=1S/C26H33N5O3S/c1-17(2)31-25(27-16-28-31)26-29-24-20-13-18(6-7-21(20)32-11-8-22(24)35-26)19-14-30(15-19)9-12-34-23-5-3-4-10-33-23/h6-7,13,16-17,19,23H,3-5,8-12,14-15H2,1-2H3. The lowest BCUT2D eigenvalue weighted by atomic mass is 9.89. The number of nitrogens with zero attached hydrogens (tertiary/aromatic N) is 5. The fourth-order valence-electron chi connectivity index (χ4n) is 5.09. The van der Waals surface area contributed by atoms with Crippen molar-refractivity contribution in [1.29, 1.82) is 0 Å². The molecule has 1 unspecified atom stereocenters. The second-order valence-corrected chi connectivity index (χ2v) is 11.0. The highest BCUT2D eigenvalue weighted by Crippen LogP contribution is 2.42. The Balaban J connectivity index is 1.15. The van der Waals surface area contributed by atoms with E-state index in [1.807, 2.05) is 4.68 Å². The lowest BCUT2D eigenvalue weighted by Gasteiger charge is -2.40. The van der Waals surface area contributed by atoms with Gasteiger partial charge in [-0.1, -0.05) is 6.07 Å². The Morgan fingerprint density at radius 3 is 2.94 bits per heavy atom. The summed E-state index contributed by atoms with van der Waals surface area (Å²) >= 11 is 1.71. The van der Waals surface area contributed by atoms with Crippen LogP contribution < -0.4 is 4.74 Å². The van der Waals surface area contributed by atoms with E-state index in [1.54, 1.807) is 17.7 Å². The van der Waals surface area contributed by atoms with Crippen molar-refractivity contribution in [2.45, 2.75) is 57.8 Å². The molecule has 0 aliphatic carbocycles. The van der Waals surface area contributed by atoms with Gasteiger partial charge in [-0.25, -0.2) is 14.6 Å². The predicted octanol–water partition coefficient (Wildman–Crippen LogP) is 4.53. The van der Waals surface area contributed by atoms with Gasteiger partial charge in [-0.3, -0.25) is 4.90 Å². The maximum atomic E-state index is 6.09. The van der Waals surface area contributed by atoms with Crippen molar-refractivity contribution in [2.24, 2.45) is 0 Å². The number of hydrogen-bond donors (Lipinski definition) is 0. The highest BCUT2D eigenvalue weighted by atomic mass is 32.1. The Morgan fingerprint density at radius 1 is 1.20 bits per heavy atom. The maximum Gasteiger partial charge on any atom is 0.187 e. The summed E-state index contributed by atoms with van der Waals surface area (Å²) in [5.41, 5.74) is 3.49. The Morgan fingerprint density at radius 2 is 2.11 bits per heavy atom. The molecule has 0 bridgehead atoms. The van der Waals surface area contributed by atoms with Crippen molar-refractivity contribution in [1.82, 2.24) is 24.6 Å². The van der Waals surface area contributed by atoms with Crippen molar-refractivity contribution in [3.8, 4) is 27.8 Å². The van der Waals surface area contributed by atoms with Gasteiger partial charge >= 0.3 is 0 Å². The van der Waals surface area contributed by atoms with Crippen molar-refractivity contribution < 1.29 is 14.2 Å². The highest BCUT2D eigenvalue weighted by molar-refractivity contribution is 7.15. The first kappa shape index (κ1) is 23.1. The van der Waals surface area contributed by atoms with Gasteiger partial charge in [-0.15, -0.1) is 11.3 Å². The molecule has 3 aromatic rings. The van der Waals surface area contributed by atoms with E-state index in [4.69, 9.17) is 19.2 Å². The molecule has 1 atom stereocenters. The van der Waals surface area contributed by atoms with Gasteiger partial charge in [0.2, 0.25) is 0 Å². The second kappa shape index (κ2) is 9.97. The number of aromatic nitrogens is 4. The van der Waals surface area contributed by atoms with Gasteiger partial charge in [-0.05, 0) is 50.8 Å². The molecule has 35 heavy (non-hydrogen) atoms. The fourth-order valence-corrected chi connectivity index (χ4v) is 6.14. The van der Waals surface area contributed by atoms with Crippen molar-refractivity contribution >= 4 is 11.3 Å². The number of fused-ring (bicyclic) bond motifs is 3.